The number of aliphatic carboxylic acids is 1. The fourth-order valence-electron chi connectivity index (χ4n) is 2.44. The van der Waals surface area contributed by atoms with E-state index in [1.165, 1.54) is 4.09 Å². The van der Waals surface area contributed by atoms with Crippen LogP contribution >= 0.6 is 39.3 Å². The summed E-state index contributed by atoms with van der Waals surface area (Å²) in [5.74, 6) is -0.896. The second-order valence-corrected chi connectivity index (χ2v) is 7.08. The van der Waals surface area contributed by atoms with E-state index in [0.29, 0.717) is 21.3 Å². The van der Waals surface area contributed by atoms with Crippen LogP contribution in [0.1, 0.15) is 29.2 Å². The lowest BCUT2D eigenvalue weighted by molar-refractivity contribution is -0.136. The first-order valence-corrected chi connectivity index (χ1v) is 9.15. The average Bonchev–Trinajstić information content (AvgIpc) is 2.52. The third-order valence-corrected chi connectivity index (χ3v) is 4.93. The molecular weight excluding hydrogens is 429 g/mol. The zero-order valence-electron chi connectivity index (χ0n) is 13.9. The van der Waals surface area contributed by atoms with Gasteiger partial charge in [0.2, 0.25) is 0 Å². The number of rotatable bonds is 7. The number of benzene rings is 2. The van der Waals surface area contributed by atoms with Crippen molar-refractivity contribution in [1.82, 2.24) is 0 Å². The number of hydrogen-bond acceptors (Lipinski definition) is 3. The van der Waals surface area contributed by atoms with Crippen LogP contribution < -0.4 is 4.09 Å². The molecule has 0 aromatic heterocycles. The number of carboxylic acids is 1. The van der Waals surface area contributed by atoms with Gasteiger partial charge in [0, 0.05) is 15.6 Å². The van der Waals surface area contributed by atoms with Crippen molar-refractivity contribution in [3.05, 3.63) is 62.6 Å². The van der Waals surface area contributed by atoms with Crippen LogP contribution in [0, 0.1) is 6.92 Å². The second-order valence-electron chi connectivity index (χ2n) is 5.59. The predicted molar refractivity (Wildman–Crippen MR) is 105 cm³/mol. The summed E-state index contributed by atoms with van der Waals surface area (Å²) in [4.78, 5) is 16.9. The van der Waals surface area contributed by atoms with Gasteiger partial charge in [0.25, 0.3) is 0 Å². The molecule has 2 aromatic rings. The molecule has 0 heterocycles. The molecule has 0 saturated carbocycles. The molecule has 25 heavy (non-hydrogen) atoms. The van der Waals surface area contributed by atoms with Gasteiger partial charge in [0.05, 0.1) is 28.3 Å². The Labute approximate surface area is 165 Å². The minimum Gasteiger partial charge on any atom is -0.481 e. The zero-order valence-corrected chi connectivity index (χ0v) is 17.0. The molecule has 0 aliphatic heterocycles. The highest BCUT2D eigenvalue weighted by atomic mass is 79.9. The van der Waals surface area contributed by atoms with E-state index in [1.54, 1.807) is 6.07 Å². The molecular formula is C18H18BrCl2NO3. The molecule has 0 unspecified atom stereocenters. The van der Waals surface area contributed by atoms with Gasteiger partial charge in [-0.3, -0.25) is 9.63 Å². The Balaban J connectivity index is 2.21. The Kier molecular flexibility index (Phi) is 7.14. The lowest BCUT2D eigenvalue weighted by Gasteiger charge is -2.20. The molecule has 0 saturated heterocycles. The van der Waals surface area contributed by atoms with Gasteiger partial charge in [-0.25, -0.2) is 0 Å². The van der Waals surface area contributed by atoms with E-state index < -0.39 is 5.97 Å². The van der Waals surface area contributed by atoms with E-state index in [9.17, 15) is 4.79 Å². The standard InChI is InChI=1S/C18H18BrCl2NO3/c1-3-12-4-5-17(13(7-12)8-18(23)24)22(19)25-10-15-11(2)6-14(20)9-16(15)21/h4-7,9H,3,8,10H2,1-2H3,(H,23,24). The predicted octanol–water partition coefficient (Wildman–Crippen LogP) is 5.74. The van der Waals surface area contributed by atoms with E-state index in [0.717, 1.165) is 23.1 Å². The summed E-state index contributed by atoms with van der Waals surface area (Å²) in [6.07, 6.45) is 0.741. The lowest BCUT2D eigenvalue weighted by Crippen LogP contribution is -2.15. The van der Waals surface area contributed by atoms with Crippen molar-refractivity contribution < 1.29 is 14.7 Å². The molecule has 0 atom stereocenters. The number of carboxylic acid groups (broad SMARTS) is 1. The van der Waals surface area contributed by atoms with Crippen molar-refractivity contribution in [3.8, 4) is 0 Å². The van der Waals surface area contributed by atoms with Crippen molar-refractivity contribution in [3.63, 3.8) is 0 Å². The molecule has 0 aliphatic rings. The summed E-state index contributed by atoms with van der Waals surface area (Å²) in [5.41, 5.74) is 4.12. The van der Waals surface area contributed by atoms with Gasteiger partial charge in [-0.1, -0.05) is 42.3 Å². The molecule has 7 heteroatoms. The van der Waals surface area contributed by atoms with Gasteiger partial charge in [0.1, 0.15) is 6.61 Å². The van der Waals surface area contributed by atoms with E-state index in [4.69, 9.17) is 33.1 Å². The van der Waals surface area contributed by atoms with E-state index >= 15 is 0 Å². The number of anilines is 1. The summed E-state index contributed by atoms with van der Waals surface area (Å²) >= 11 is 15.5. The van der Waals surface area contributed by atoms with Crippen LogP contribution in [0.5, 0.6) is 0 Å². The van der Waals surface area contributed by atoms with Crippen LogP contribution in [0.25, 0.3) is 0 Å². The topological polar surface area (TPSA) is 49.8 Å². The number of carbonyl (C=O) groups is 1. The summed E-state index contributed by atoms with van der Waals surface area (Å²) in [6, 6.07) is 9.14. The highest BCUT2D eigenvalue weighted by molar-refractivity contribution is 9.10. The van der Waals surface area contributed by atoms with Crippen LogP contribution in [-0.4, -0.2) is 11.1 Å². The smallest absolute Gasteiger partial charge is 0.307 e. The molecule has 2 aromatic carbocycles. The van der Waals surface area contributed by atoms with Crippen molar-refractivity contribution >= 4 is 51.0 Å². The number of aryl methyl sites for hydroxylation is 2. The van der Waals surface area contributed by atoms with Crippen molar-refractivity contribution in [2.75, 3.05) is 4.09 Å². The van der Waals surface area contributed by atoms with Crippen LogP contribution in [0.2, 0.25) is 10.0 Å². The normalized spacial score (nSPS) is 10.8. The van der Waals surface area contributed by atoms with E-state index in [1.807, 2.05) is 38.1 Å². The fourth-order valence-corrected chi connectivity index (χ4v) is 3.54. The maximum absolute atomic E-state index is 11.1. The highest BCUT2D eigenvalue weighted by Crippen LogP contribution is 2.29. The molecule has 0 fully saturated rings. The number of nitrogens with zero attached hydrogens (tertiary/aromatic N) is 1. The van der Waals surface area contributed by atoms with Gasteiger partial charge in [-0.05, 0) is 48.2 Å². The third-order valence-electron chi connectivity index (χ3n) is 3.79. The van der Waals surface area contributed by atoms with Crippen LogP contribution in [0.15, 0.2) is 30.3 Å². The van der Waals surface area contributed by atoms with Crippen molar-refractivity contribution in [2.45, 2.75) is 33.3 Å². The molecule has 2 rings (SSSR count). The maximum Gasteiger partial charge on any atom is 0.307 e. The van der Waals surface area contributed by atoms with Crippen LogP contribution in [0.3, 0.4) is 0 Å². The first-order chi connectivity index (χ1) is 11.8. The summed E-state index contributed by atoms with van der Waals surface area (Å²) in [5, 5.41) is 10.2. The number of hydrogen-bond donors (Lipinski definition) is 1. The zero-order chi connectivity index (χ0) is 18.6. The van der Waals surface area contributed by atoms with Crippen LogP contribution in [0.4, 0.5) is 5.69 Å². The first kappa shape index (κ1) is 20.0. The fraction of sp³-hybridized carbons (Fsp3) is 0.278. The van der Waals surface area contributed by atoms with Crippen LogP contribution in [-0.2, 0) is 29.1 Å². The van der Waals surface area contributed by atoms with Crippen molar-refractivity contribution in [1.29, 1.82) is 0 Å². The Morgan fingerprint density at radius 2 is 2.00 bits per heavy atom. The molecule has 1 N–H and O–H groups in total. The highest BCUT2D eigenvalue weighted by Gasteiger charge is 2.15. The summed E-state index contributed by atoms with van der Waals surface area (Å²) in [7, 11) is 0. The molecule has 0 aliphatic carbocycles. The molecule has 0 bridgehead atoms. The quantitative estimate of drug-likeness (QED) is 0.435. The largest absolute Gasteiger partial charge is 0.481 e. The summed E-state index contributed by atoms with van der Waals surface area (Å²) in [6.45, 7) is 4.14. The molecule has 4 nitrogen and oxygen atoms in total. The van der Waals surface area contributed by atoms with Gasteiger partial charge >= 0.3 is 5.97 Å². The number of halogens is 3. The Morgan fingerprint density at radius 1 is 1.28 bits per heavy atom. The van der Waals surface area contributed by atoms with E-state index in [2.05, 4.69) is 16.1 Å². The Bertz CT molecular complexity index is 760. The van der Waals surface area contributed by atoms with Crippen molar-refractivity contribution in [2.24, 2.45) is 0 Å². The lowest BCUT2D eigenvalue weighted by atomic mass is 10.0. The average molecular weight is 447 g/mol. The Hall–Kier alpha value is -1.27. The molecule has 0 amide bonds. The first-order valence-electron chi connectivity index (χ1n) is 7.68. The monoisotopic (exact) mass is 445 g/mol. The molecule has 0 radical (unpaired) electrons. The Morgan fingerprint density at radius 3 is 2.60 bits per heavy atom. The van der Waals surface area contributed by atoms with Gasteiger partial charge in [0.15, 0.2) is 0 Å². The summed E-state index contributed by atoms with van der Waals surface area (Å²) < 4.78 is 1.40. The molecule has 134 valence electrons. The maximum atomic E-state index is 11.1. The van der Waals surface area contributed by atoms with Gasteiger partial charge in [-0.2, -0.15) is 4.09 Å². The molecule has 0 spiro atoms. The third kappa shape index (κ3) is 5.35. The van der Waals surface area contributed by atoms with Gasteiger partial charge < -0.3 is 5.11 Å². The minimum absolute atomic E-state index is 0.0879. The SMILES string of the molecule is CCc1ccc(N(Br)OCc2c(C)cc(Cl)cc2Cl)c(CC(=O)O)c1. The van der Waals surface area contributed by atoms with Gasteiger partial charge in [-0.15, -0.1) is 0 Å². The minimum atomic E-state index is -0.896. The second kappa shape index (κ2) is 8.90. The van der Waals surface area contributed by atoms with E-state index in [-0.39, 0.29) is 13.0 Å².